The van der Waals surface area contributed by atoms with Crippen LogP contribution in [0.15, 0.2) is 83.8 Å². The van der Waals surface area contributed by atoms with E-state index in [2.05, 4.69) is 14.6 Å². The molecule has 0 fully saturated rings. The number of halogens is 3. The summed E-state index contributed by atoms with van der Waals surface area (Å²) in [6.45, 7) is 3.92. The Kier molecular flexibility index (Phi) is 7.08. The van der Waals surface area contributed by atoms with E-state index in [4.69, 9.17) is 0 Å². The first-order chi connectivity index (χ1) is 17.4. The Labute approximate surface area is 213 Å². The Hall–Kier alpha value is -4.12. The fourth-order valence-corrected chi connectivity index (χ4v) is 4.78. The number of aryl methyl sites for hydroxylation is 2. The monoisotopic (exact) mass is 531 g/mol. The van der Waals surface area contributed by atoms with E-state index in [1.807, 2.05) is 32.0 Å². The lowest BCUT2D eigenvalue weighted by atomic mass is 10.0. The highest BCUT2D eigenvalue weighted by molar-refractivity contribution is 7.90. The first-order valence-electron chi connectivity index (χ1n) is 11.0. The Morgan fingerprint density at radius 3 is 2.27 bits per heavy atom. The van der Waals surface area contributed by atoms with Gasteiger partial charge in [-0.3, -0.25) is 9.48 Å². The van der Waals surface area contributed by atoms with E-state index in [0.29, 0.717) is 0 Å². The van der Waals surface area contributed by atoms with Crippen molar-refractivity contribution < 1.29 is 32.5 Å². The van der Waals surface area contributed by atoms with Crippen LogP contribution in [0.2, 0.25) is 0 Å². The van der Waals surface area contributed by atoms with Gasteiger partial charge in [-0.15, -0.1) is 13.2 Å². The quantitative estimate of drug-likeness (QED) is 0.341. The number of rotatable bonds is 7. The van der Waals surface area contributed by atoms with E-state index in [0.717, 1.165) is 28.8 Å². The summed E-state index contributed by atoms with van der Waals surface area (Å²) in [5.41, 5.74) is 3.07. The molecule has 7 nitrogen and oxygen atoms in total. The highest BCUT2D eigenvalue weighted by Gasteiger charge is 2.31. The van der Waals surface area contributed by atoms with E-state index in [1.54, 1.807) is 6.07 Å². The van der Waals surface area contributed by atoms with E-state index in [1.165, 1.54) is 47.1 Å². The number of carbonyl (C=O) groups excluding carboxylic acids is 1. The van der Waals surface area contributed by atoms with Crippen molar-refractivity contribution in [1.29, 1.82) is 0 Å². The Morgan fingerprint density at radius 1 is 0.973 bits per heavy atom. The molecule has 0 spiro atoms. The van der Waals surface area contributed by atoms with Crippen molar-refractivity contribution in [2.24, 2.45) is 0 Å². The molecule has 1 aromatic heterocycles. The lowest BCUT2D eigenvalue weighted by Gasteiger charge is -2.13. The third-order valence-electron chi connectivity index (χ3n) is 5.61. The maximum atomic E-state index is 13.2. The predicted octanol–water partition coefficient (Wildman–Crippen LogP) is 5.48. The molecular weight excluding hydrogens is 507 g/mol. The fourth-order valence-electron chi connectivity index (χ4n) is 3.79. The van der Waals surface area contributed by atoms with Crippen molar-refractivity contribution in [2.75, 3.05) is 0 Å². The van der Waals surface area contributed by atoms with Gasteiger partial charge in [-0.05, 0) is 60.9 Å². The summed E-state index contributed by atoms with van der Waals surface area (Å²) in [6, 6.07) is 19.5. The van der Waals surface area contributed by atoms with Crippen LogP contribution in [0.1, 0.15) is 28.6 Å². The molecule has 0 saturated carbocycles. The van der Waals surface area contributed by atoms with Crippen molar-refractivity contribution in [3.63, 3.8) is 0 Å². The van der Waals surface area contributed by atoms with Gasteiger partial charge in [0.15, 0.2) is 0 Å². The molecule has 1 amide bonds. The SMILES string of the molecule is Cc1cccc(C)c1Cn1nc(-c2cccc(OC(F)(F)F)c2)cc1C(=O)NS(=O)(=O)c1ccccc1.[HH]. The van der Waals surface area contributed by atoms with Gasteiger partial charge in [0.25, 0.3) is 15.9 Å². The van der Waals surface area contributed by atoms with Crippen LogP contribution in [0.4, 0.5) is 13.2 Å². The molecule has 0 atom stereocenters. The molecule has 37 heavy (non-hydrogen) atoms. The molecule has 0 unspecified atom stereocenters. The number of carbonyl (C=O) groups is 1. The molecule has 0 aliphatic rings. The smallest absolute Gasteiger partial charge is 0.406 e. The van der Waals surface area contributed by atoms with E-state index < -0.39 is 28.0 Å². The van der Waals surface area contributed by atoms with Crippen LogP contribution in [0.3, 0.4) is 0 Å². The van der Waals surface area contributed by atoms with Gasteiger partial charge in [0.05, 0.1) is 17.1 Å². The van der Waals surface area contributed by atoms with Gasteiger partial charge in [0.2, 0.25) is 0 Å². The number of alkyl halides is 3. The van der Waals surface area contributed by atoms with Crippen molar-refractivity contribution in [3.8, 4) is 17.0 Å². The average molecular weight is 532 g/mol. The summed E-state index contributed by atoms with van der Waals surface area (Å²) < 4.78 is 71.0. The number of ether oxygens (including phenoxy) is 1. The van der Waals surface area contributed by atoms with Crippen molar-refractivity contribution >= 4 is 15.9 Å². The number of hydrogen-bond acceptors (Lipinski definition) is 5. The molecular formula is C26H24F3N3O4S. The van der Waals surface area contributed by atoms with Crippen LogP contribution in [0.25, 0.3) is 11.3 Å². The number of aromatic nitrogens is 2. The van der Waals surface area contributed by atoms with Gasteiger partial charge in [0, 0.05) is 6.99 Å². The van der Waals surface area contributed by atoms with Crippen molar-refractivity contribution in [1.82, 2.24) is 14.5 Å². The van der Waals surface area contributed by atoms with Crippen LogP contribution in [0.5, 0.6) is 5.75 Å². The second-order valence-corrected chi connectivity index (χ2v) is 9.95. The minimum absolute atomic E-state index is 0. The normalized spacial score (nSPS) is 11.8. The maximum Gasteiger partial charge on any atom is 0.573 e. The number of nitrogens with zero attached hydrogens (tertiary/aromatic N) is 2. The van der Waals surface area contributed by atoms with Crippen LogP contribution in [-0.2, 0) is 16.6 Å². The highest BCUT2D eigenvalue weighted by atomic mass is 32.2. The number of hydrogen-bond donors (Lipinski definition) is 1. The number of amides is 1. The van der Waals surface area contributed by atoms with Crippen LogP contribution < -0.4 is 9.46 Å². The van der Waals surface area contributed by atoms with Gasteiger partial charge in [0.1, 0.15) is 11.4 Å². The molecule has 194 valence electrons. The summed E-state index contributed by atoms with van der Waals surface area (Å²) in [5.74, 6) is -1.39. The summed E-state index contributed by atoms with van der Waals surface area (Å²) in [7, 11) is -4.18. The second-order valence-electron chi connectivity index (χ2n) is 8.27. The predicted molar refractivity (Wildman–Crippen MR) is 133 cm³/mol. The Morgan fingerprint density at radius 2 is 1.62 bits per heavy atom. The van der Waals surface area contributed by atoms with E-state index in [-0.39, 0.29) is 29.8 Å². The molecule has 0 aliphatic carbocycles. The molecule has 0 radical (unpaired) electrons. The minimum atomic E-state index is -4.88. The molecule has 4 rings (SSSR count). The van der Waals surface area contributed by atoms with E-state index >= 15 is 0 Å². The van der Waals surface area contributed by atoms with Gasteiger partial charge in [-0.2, -0.15) is 5.10 Å². The molecule has 4 aromatic rings. The number of benzene rings is 3. The van der Waals surface area contributed by atoms with Gasteiger partial charge < -0.3 is 4.74 Å². The standard InChI is InChI=1S/C26H22F3N3O4S.H2/c1-17-8-6-9-18(2)22(17)16-32-24(25(33)31-37(34,35)21-12-4-3-5-13-21)15-23(30-32)19-10-7-11-20(14-19)36-26(27,28)29;/h3-15H,16H2,1-2H3,(H,31,33);1H. The molecule has 1 N–H and O–H groups in total. The van der Waals surface area contributed by atoms with Crippen LogP contribution in [-0.4, -0.2) is 30.5 Å². The average Bonchev–Trinajstić information content (AvgIpc) is 3.25. The van der Waals surface area contributed by atoms with E-state index in [9.17, 15) is 26.4 Å². The number of sulfonamides is 1. The topological polar surface area (TPSA) is 90.3 Å². The summed E-state index contributed by atoms with van der Waals surface area (Å²) >= 11 is 0. The zero-order valence-electron chi connectivity index (χ0n) is 19.8. The molecule has 3 aromatic carbocycles. The largest absolute Gasteiger partial charge is 0.573 e. The zero-order valence-corrected chi connectivity index (χ0v) is 20.6. The minimum Gasteiger partial charge on any atom is -0.406 e. The van der Waals surface area contributed by atoms with Crippen LogP contribution in [0, 0.1) is 13.8 Å². The maximum absolute atomic E-state index is 13.2. The number of nitrogens with one attached hydrogen (secondary N) is 1. The molecule has 0 bridgehead atoms. The third-order valence-corrected chi connectivity index (χ3v) is 6.96. The Balaban J connectivity index is 0.00000400. The van der Waals surface area contributed by atoms with Crippen molar-refractivity contribution in [3.05, 3.63) is 101 Å². The Bertz CT molecular complexity index is 1540. The van der Waals surface area contributed by atoms with Gasteiger partial charge in [-0.1, -0.05) is 48.5 Å². The lowest BCUT2D eigenvalue weighted by Crippen LogP contribution is -2.32. The summed E-state index contributed by atoms with van der Waals surface area (Å²) in [6.07, 6.45) is -4.88. The second kappa shape index (κ2) is 10.1. The molecule has 1 heterocycles. The van der Waals surface area contributed by atoms with Gasteiger partial charge >= 0.3 is 6.36 Å². The summed E-state index contributed by atoms with van der Waals surface area (Å²) in [4.78, 5) is 13.1. The molecule has 0 aliphatic heterocycles. The van der Waals surface area contributed by atoms with Crippen molar-refractivity contribution in [2.45, 2.75) is 31.7 Å². The third kappa shape index (κ3) is 6.18. The zero-order chi connectivity index (χ0) is 26.8. The molecule has 11 heteroatoms. The lowest BCUT2D eigenvalue weighted by molar-refractivity contribution is -0.274. The molecule has 0 saturated heterocycles. The first-order valence-corrected chi connectivity index (χ1v) is 12.5. The first kappa shape index (κ1) is 26.0. The highest BCUT2D eigenvalue weighted by Crippen LogP contribution is 2.28. The summed E-state index contributed by atoms with van der Waals surface area (Å²) in [5, 5.41) is 4.44. The van der Waals surface area contributed by atoms with Gasteiger partial charge in [-0.25, -0.2) is 13.1 Å². The van der Waals surface area contributed by atoms with Crippen LogP contribution >= 0.6 is 0 Å². The fraction of sp³-hybridized carbons (Fsp3) is 0.154.